The summed E-state index contributed by atoms with van der Waals surface area (Å²) in [5, 5.41) is 20.9. The maximum atomic E-state index is 9.04. The van der Waals surface area contributed by atoms with Crippen LogP contribution in [0.2, 0.25) is 0 Å². The Hall–Kier alpha value is -1.71. The number of nitrogens with two attached hydrogens (primary N) is 1. The fraction of sp³-hybridized carbons (Fsp3) is 0.700. The van der Waals surface area contributed by atoms with E-state index in [1.165, 1.54) is 0 Å². The van der Waals surface area contributed by atoms with Crippen LogP contribution in [0.4, 0.5) is 17.8 Å². The number of aliphatic hydroxyl groups is 2. The topological polar surface area (TPSA) is 132 Å². The van der Waals surface area contributed by atoms with Crippen LogP contribution in [0.1, 0.15) is 13.8 Å². The van der Waals surface area contributed by atoms with E-state index < -0.39 is 6.04 Å². The first kappa shape index (κ1) is 15.3. The van der Waals surface area contributed by atoms with E-state index in [9.17, 15) is 0 Å². The molecule has 19 heavy (non-hydrogen) atoms. The Labute approximate surface area is 111 Å². The first-order chi connectivity index (χ1) is 9.18. The van der Waals surface area contributed by atoms with Crippen molar-refractivity contribution in [1.29, 1.82) is 0 Å². The third-order valence-electron chi connectivity index (χ3n) is 2.57. The van der Waals surface area contributed by atoms with E-state index in [4.69, 9.17) is 16.1 Å². The van der Waals surface area contributed by atoms with Crippen LogP contribution < -0.4 is 21.5 Å². The van der Waals surface area contributed by atoms with Crippen LogP contribution in [0, 0.1) is 0 Å². The third-order valence-corrected chi connectivity index (χ3v) is 2.57. The summed E-state index contributed by atoms with van der Waals surface area (Å²) >= 11 is 0. The van der Waals surface area contributed by atoms with Gasteiger partial charge in [0, 0.05) is 13.1 Å². The number of aromatic nitrogens is 3. The van der Waals surface area contributed by atoms with E-state index in [0.29, 0.717) is 5.95 Å². The fourth-order valence-corrected chi connectivity index (χ4v) is 1.47. The molecule has 1 heterocycles. The standard InChI is InChI=1S/C10H21N7O2/c1-3-17(4-2)10-14-8(12-7(5-18)6-19)13-9(15-10)16-11/h7,18-19H,3-6,11H2,1-2H3,(H2,12,13,14,15,16). The van der Waals surface area contributed by atoms with E-state index in [0.717, 1.165) is 13.1 Å². The smallest absolute Gasteiger partial charge is 0.243 e. The van der Waals surface area contributed by atoms with Gasteiger partial charge in [0.15, 0.2) is 0 Å². The van der Waals surface area contributed by atoms with Crippen LogP contribution in [0.5, 0.6) is 0 Å². The molecule has 9 heteroatoms. The molecular formula is C10H21N7O2. The first-order valence-corrected chi connectivity index (χ1v) is 6.14. The summed E-state index contributed by atoms with van der Waals surface area (Å²) in [6.45, 7) is 5.00. The average Bonchev–Trinajstić information content (AvgIpc) is 2.45. The second kappa shape index (κ2) is 7.67. The molecule has 6 N–H and O–H groups in total. The molecular weight excluding hydrogens is 250 g/mol. The van der Waals surface area contributed by atoms with Crippen molar-refractivity contribution in [2.75, 3.05) is 41.9 Å². The molecule has 108 valence electrons. The van der Waals surface area contributed by atoms with Crippen molar-refractivity contribution in [3.63, 3.8) is 0 Å². The van der Waals surface area contributed by atoms with E-state index >= 15 is 0 Å². The number of rotatable bonds is 8. The molecule has 0 amide bonds. The Morgan fingerprint density at radius 2 is 1.68 bits per heavy atom. The molecule has 0 spiro atoms. The van der Waals surface area contributed by atoms with Gasteiger partial charge >= 0.3 is 0 Å². The highest BCUT2D eigenvalue weighted by atomic mass is 16.3. The number of anilines is 3. The minimum atomic E-state index is -0.530. The van der Waals surface area contributed by atoms with Crippen LogP contribution in [0.3, 0.4) is 0 Å². The van der Waals surface area contributed by atoms with Crippen molar-refractivity contribution in [1.82, 2.24) is 15.0 Å². The number of hydrogen-bond acceptors (Lipinski definition) is 9. The highest BCUT2D eigenvalue weighted by molar-refractivity contribution is 5.43. The molecule has 0 aliphatic carbocycles. The number of nitrogen functional groups attached to an aromatic ring is 1. The Bertz CT molecular complexity index is 382. The SMILES string of the molecule is CCN(CC)c1nc(NN)nc(NC(CO)CO)n1. The monoisotopic (exact) mass is 271 g/mol. The van der Waals surface area contributed by atoms with Crippen molar-refractivity contribution in [2.24, 2.45) is 5.84 Å². The molecule has 0 unspecified atom stereocenters. The van der Waals surface area contributed by atoms with Gasteiger partial charge in [0.25, 0.3) is 0 Å². The lowest BCUT2D eigenvalue weighted by molar-refractivity contribution is 0.203. The molecule has 0 saturated heterocycles. The van der Waals surface area contributed by atoms with E-state index in [1.807, 2.05) is 18.7 Å². The summed E-state index contributed by atoms with van der Waals surface area (Å²) in [7, 11) is 0. The maximum Gasteiger partial charge on any atom is 0.243 e. The lowest BCUT2D eigenvalue weighted by atomic mass is 10.3. The third kappa shape index (κ3) is 4.16. The number of hydrogen-bond donors (Lipinski definition) is 5. The molecule has 0 aromatic carbocycles. The average molecular weight is 271 g/mol. The molecule has 0 saturated carbocycles. The van der Waals surface area contributed by atoms with E-state index in [-0.39, 0.29) is 25.1 Å². The van der Waals surface area contributed by atoms with Crippen molar-refractivity contribution in [2.45, 2.75) is 19.9 Å². The zero-order valence-corrected chi connectivity index (χ0v) is 11.2. The van der Waals surface area contributed by atoms with Gasteiger partial charge in [-0.3, -0.25) is 5.43 Å². The summed E-state index contributed by atoms with van der Waals surface area (Å²) in [6.07, 6.45) is 0. The number of nitrogens with zero attached hydrogens (tertiary/aromatic N) is 4. The van der Waals surface area contributed by atoms with Gasteiger partial charge < -0.3 is 20.4 Å². The summed E-state index contributed by atoms with van der Waals surface area (Å²) < 4.78 is 0. The first-order valence-electron chi connectivity index (χ1n) is 6.14. The van der Waals surface area contributed by atoms with Gasteiger partial charge in [-0.05, 0) is 13.8 Å². The second-order valence-electron chi connectivity index (χ2n) is 3.81. The second-order valence-corrected chi connectivity index (χ2v) is 3.81. The zero-order chi connectivity index (χ0) is 14.3. The minimum absolute atomic E-state index is 0.217. The predicted octanol–water partition coefficient (Wildman–Crippen LogP) is -1.23. The quantitative estimate of drug-likeness (QED) is 0.291. The molecule has 1 aromatic heterocycles. The van der Waals surface area contributed by atoms with Gasteiger partial charge in [-0.2, -0.15) is 15.0 Å². The molecule has 1 aromatic rings. The molecule has 0 aliphatic heterocycles. The number of hydrazine groups is 1. The molecule has 0 aliphatic rings. The lowest BCUT2D eigenvalue weighted by Crippen LogP contribution is -2.30. The molecule has 9 nitrogen and oxygen atoms in total. The summed E-state index contributed by atoms with van der Waals surface area (Å²) in [4.78, 5) is 14.3. The van der Waals surface area contributed by atoms with Crippen LogP contribution in [-0.4, -0.2) is 57.5 Å². The van der Waals surface area contributed by atoms with Gasteiger partial charge in [0.1, 0.15) is 0 Å². The van der Waals surface area contributed by atoms with Crippen molar-refractivity contribution in [3.8, 4) is 0 Å². The van der Waals surface area contributed by atoms with Gasteiger partial charge in [0.2, 0.25) is 17.8 Å². The maximum absolute atomic E-state index is 9.04. The molecule has 0 atom stereocenters. The highest BCUT2D eigenvalue weighted by Gasteiger charge is 2.13. The Balaban J connectivity index is 3.00. The Morgan fingerprint density at radius 1 is 1.11 bits per heavy atom. The highest BCUT2D eigenvalue weighted by Crippen LogP contribution is 2.13. The Morgan fingerprint density at radius 3 is 2.16 bits per heavy atom. The zero-order valence-electron chi connectivity index (χ0n) is 11.2. The van der Waals surface area contributed by atoms with Crippen LogP contribution >= 0.6 is 0 Å². The number of nitrogens with one attached hydrogen (secondary N) is 2. The van der Waals surface area contributed by atoms with Gasteiger partial charge in [-0.1, -0.05) is 0 Å². The van der Waals surface area contributed by atoms with Crippen LogP contribution in [0.25, 0.3) is 0 Å². The van der Waals surface area contributed by atoms with Crippen molar-refractivity contribution >= 4 is 17.8 Å². The number of aliphatic hydroxyl groups excluding tert-OH is 2. The van der Waals surface area contributed by atoms with Gasteiger partial charge in [-0.25, -0.2) is 5.84 Å². The minimum Gasteiger partial charge on any atom is -0.394 e. The van der Waals surface area contributed by atoms with Crippen molar-refractivity contribution < 1.29 is 10.2 Å². The van der Waals surface area contributed by atoms with Crippen molar-refractivity contribution in [3.05, 3.63) is 0 Å². The van der Waals surface area contributed by atoms with Crippen LogP contribution in [0.15, 0.2) is 0 Å². The summed E-state index contributed by atoms with van der Waals surface area (Å²) in [5.74, 6) is 6.26. The van der Waals surface area contributed by atoms with E-state index in [1.54, 1.807) is 0 Å². The molecule has 0 bridgehead atoms. The largest absolute Gasteiger partial charge is 0.394 e. The predicted molar refractivity (Wildman–Crippen MR) is 72.8 cm³/mol. The van der Waals surface area contributed by atoms with E-state index in [2.05, 4.69) is 25.7 Å². The summed E-state index contributed by atoms with van der Waals surface area (Å²) in [5.41, 5.74) is 2.37. The molecule has 0 radical (unpaired) electrons. The molecule has 0 fully saturated rings. The lowest BCUT2D eigenvalue weighted by Gasteiger charge is -2.20. The van der Waals surface area contributed by atoms with Crippen LogP contribution in [-0.2, 0) is 0 Å². The fourth-order valence-electron chi connectivity index (χ4n) is 1.47. The normalized spacial score (nSPS) is 10.6. The van der Waals surface area contributed by atoms with Gasteiger partial charge in [0.05, 0.1) is 19.3 Å². The molecule has 1 rings (SSSR count). The van der Waals surface area contributed by atoms with Gasteiger partial charge in [-0.15, -0.1) is 0 Å². The summed E-state index contributed by atoms with van der Waals surface area (Å²) in [6, 6.07) is -0.530. The Kier molecular flexibility index (Phi) is 6.19.